The van der Waals surface area contributed by atoms with E-state index in [0.717, 1.165) is 12.8 Å². The number of halogens is 1. The Balaban J connectivity index is 2.11. The maximum atomic E-state index is 10.7. The Hall–Kier alpha value is -1.65. The van der Waals surface area contributed by atoms with E-state index in [0.29, 0.717) is 10.2 Å². The fraction of sp³-hybridized carbons (Fsp3) is 0.417. The van der Waals surface area contributed by atoms with Gasteiger partial charge < -0.3 is 10.5 Å². The van der Waals surface area contributed by atoms with Gasteiger partial charge in [-0.2, -0.15) is 5.26 Å². The quantitative estimate of drug-likeness (QED) is 0.661. The van der Waals surface area contributed by atoms with Gasteiger partial charge in [0.25, 0.3) is 5.69 Å². The first-order valence-corrected chi connectivity index (χ1v) is 6.52. The Bertz CT molecular complexity index is 554. The molecule has 2 rings (SSSR count). The van der Waals surface area contributed by atoms with Gasteiger partial charge in [0.1, 0.15) is 17.9 Å². The zero-order chi connectivity index (χ0) is 14.0. The van der Waals surface area contributed by atoms with Crippen molar-refractivity contribution in [1.82, 2.24) is 0 Å². The van der Waals surface area contributed by atoms with Crippen LogP contribution in [0.1, 0.15) is 12.8 Å². The topological polar surface area (TPSA) is 102 Å². The van der Waals surface area contributed by atoms with Gasteiger partial charge in [0.2, 0.25) is 0 Å². The van der Waals surface area contributed by atoms with E-state index in [1.165, 1.54) is 12.1 Å². The summed E-state index contributed by atoms with van der Waals surface area (Å²) in [5, 5.41) is 19.8. The molecule has 0 radical (unpaired) electrons. The lowest BCUT2D eigenvalue weighted by Crippen LogP contribution is -2.46. The average Bonchev–Trinajstić information content (AvgIpc) is 3.20. The number of ether oxygens (including phenoxy) is 1. The van der Waals surface area contributed by atoms with Crippen LogP contribution in [0.25, 0.3) is 0 Å². The molecule has 19 heavy (non-hydrogen) atoms. The zero-order valence-corrected chi connectivity index (χ0v) is 11.6. The molecule has 1 aliphatic rings. The predicted molar refractivity (Wildman–Crippen MR) is 71.5 cm³/mol. The SMILES string of the molecule is N#CC(N)(COc1cc(Br)cc([N+](=O)[O-])c1)C1CC1. The lowest BCUT2D eigenvalue weighted by molar-refractivity contribution is -0.385. The molecule has 0 bridgehead atoms. The van der Waals surface area contributed by atoms with Crippen molar-refractivity contribution in [2.75, 3.05) is 6.61 Å². The Morgan fingerprint density at radius 3 is 2.79 bits per heavy atom. The lowest BCUT2D eigenvalue weighted by atomic mass is 9.98. The van der Waals surface area contributed by atoms with Crippen LogP contribution in [0.4, 0.5) is 5.69 Å². The Morgan fingerprint density at radius 2 is 2.26 bits per heavy atom. The van der Waals surface area contributed by atoms with Crippen molar-refractivity contribution < 1.29 is 9.66 Å². The molecule has 1 aromatic rings. The highest BCUT2D eigenvalue weighted by molar-refractivity contribution is 9.10. The number of rotatable bonds is 5. The van der Waals surface area contributed by atoms with Crippen LogP contribution in [-0.2, 0) is 0 Å². The molecule has 6 nitrogen and oxygen atoms in total. The first-order chi connectivity index (χ1) is 8.94. The number of non-ortho nitro benzene ring substituents is 1. The van der Waals surface area contributed by atoms with E-state index >= 15 is 0 Å². The van der Waals surface area contributed by atoms with Crippen molar-refractivity contribution >= 4 is 21.6 Å². The number of nitro groups is 1. The van der Waals surface area contributed by atoms with Gasteiger partial charge in [0, 0.05) is 10.5 Å². The number of nitriles is 1. The molecule has 0 aliphatic heterocycles. The van der Waals surface area contributed by atoms with Crippen molar-refractivity contribution in [3.63, 3.8) is 0 Å². The molecular formula is C12H12BrN3O3. The van der Waals surface area contributed by atoms with Gasteiger partial charge in [-0.05, 0) is 24.8 Å². The van der Waals surface area contributed by atoms with Crippen LogP contribution in [0, 0.1) is 27.4 Å². The smallest absolute Gasteiger partial charge is 0.274 e. The van der Waals surface area contributed by atoms with E-state index in [1.807, 2.05) is 0 Å². The highest BCUT2D eigenvalue weighted by Crippen LogP contribution is 2.38. The summed E-state index contributed by atoms with van der Waals surface area (Å²) >= 11 is 3.18. The van der Waals surface area contributed by atoms with Crippen LogP contribution in [0.3, 0.4) is 0 Å². The van der Waals surface area contributed by atoms with Gasteiger partial charge in [-0.3, -0.25) is 10.1 Å². The molecule has 1 aromatic carbocycles. The first-order valence-electron chi connectivity index (χ1n) is 5.72. The third-order valence-electron chi connectivity index (χ3n) is 3.06. The number of hydrogen-bond donors (Lipinski definition) is 1. The second-order valence-corrected chi connectivity index (χ2v) is 5.53. The van der Waals surface area contributed by atoms with Gasteiger partial charge in [-0.15, -0.1) is 0 Å². The largest absolute Gasteiger partial charge is 0.490 e. The normalized spacial score (nSPS) is 17.3. The molecule has 1 fully saturated rings. The molecule has 0 amide bonds. The maximum Gasteiger partial charge on any atom is 0.274 e. The molecule has 0 saturated heterocycles. The van der Waals surface area contributed by atoms with Crippen molar-refractivity contribution in [3.8, 4) is 11.8 Å². The van der Waals surface area contributed by atoms with Crippen molar-refractivity contribution in [2.24, 2.45) is 11.7 Å². The number of nitro benzene ring substituents is 1. The number of benzene rings is 1. The van der Waals surface area contributed by atoms with Crippen LogP contribution in [-0.4, -0.2) is 17.1 Å². The fourth-order valence-electron chi connectivity index (χ4n) is 1.78. The van der Waals surface area contributed by atoms with Gasteiger partial charge >= 0.3 is 0 Å². The molecule has 0 spiro atoms. The fourth-order valence-corrected chi connectivity index (χ4v) is 2.24. The molecule has 1 unspecified atom stereocenters. The second-order valence-electron chi connectivity index (χ2n) is 4.62. The average molecular weight is 326 g/mol. The molecule has 1 aliphatic carbocycles. The Labute approximate surface area is 118 Å². The van der Waals surface area contributed by atoms with Gasteiger partial charge in [0.05, 0.1) is 17.1 Å². The predicted octanol–water partition coefficient (Wildman–Crippen LogP) is 2.37. The number of hydrogen-bond acceptors (Lipinski definition) is 5. The van der Waals surface area contributed by atoms with Crippen LogP contribution in [0.2, 0.25) is 0 Å². The minimum absolute atomic E-state index is 0.0295. The van der Waals surface area contributed by atoms with Crippen molar-refractivity contribution in [2.45, 2.75) is 18.4 Å². The minimum Gasteiger partial charge on any atom is -0.490 e. The molecule has 2 N–H and O–H groups in total. The summed E-state index contributed by atoms with van der Waals surface area (Å²) in [6.07, 6.45) is 1.85. The molecule has 1 atom stereocenters. The van der Waals surface area contributed by atoms with E-state index in [2.05, 4.69) is 22.0 Å². The third kappa shape index (κ3) is 3.22. The van der Waals surface area contributed by atoms with E-state index in [-0.39, 0.29) is 18.2 Å². The molecule has 1 saturated carbocycles. The Kier molecular flexibility index (Phi) is 3.73. The first kappa shape index (κ1) is 13.8. The lowest BCUT2D eigenvalue weighted by Gasteiger charge is -2.21. The summed E-state index contributed by atoms with van der Waals surface area (Å²) in [4.78, 5) is 10.2. The molecule has 7 heteroatoms. The molecule has 0 aromatic heterocycles. The summed E-state index contributed by atoms with van der Waals surface area (Å²) in [7, 11) is 0. The summed E-state index contributed by atoms with van der Waals surface area (Å²) in [6.45, 7) is 0.0295. The number of nitrogens with zero attached hydrogens (tertiary/aromatic N) is 2. The van der Waals surface area contributed by atoms with E-state index in [9.17, 15) is 10.1 Å². The summed E-state index contributed by atoms with van der Waals surface area (Å²) in [6, 6.07) is 6.38. The van der Waals surface area contributed by atoms with E-state index in [4.69, 9.17) is 15.7 Å². The van der Waals surface area contributed by atoms with Gasteiger partial charge in [-0.1, -0.05) is 15.9 Å². The van der Waals surface area contributed by atoms with Crippen LogP contribution in [0.5, 0.6) is 5.75 Å². The minimum atomic E-state index is -1.02. The summed E-state index contributed by atoms with van der Waals surface area (Å²) < 4.78 is 6.00. The van der Waals surface area contributed by atoms with E-state index < -0.39 is 10.5 Å². The van der Waals surface area contributed by atoms with Crippen molar-refractivity contribution in [1.29, 1.82) is 5.26 Å². The van der Waals surface area contributed by atoms with Crippen LogP contribution >= 0.6 is 15.9 Å². The van der Waals surface area contributed by atoms with Crippen LogP contribution in [0.15, 0.2) is 22.7 Å². The number of nitrogens with two attached hydrogens (primary N) is 1. The third-order valence-corrected chi connectivity index (χ3v) is 3.52. The van der Waals surface area contributed by atoms with Crippen molar-refractivity contribution in [3.05, 3.63) is 32.8 Å². The highest BCUT2D eigenvalue weighted by Gasteiger charge is 2.43. The second kappa shape index (κ2) is 5.15. The van der Waals surface area contributed by atoms with Gasteiger partial charge in [0.15, 0.2) is 0 Å². The Morgan fingerprint density at radius 1 is 1.58 bits per heavy atom. The maximum absolute atomic E-state index is 10.7. The zero-order valence-electron chi connectivity index (χ0n) is 10.0. The van der Waals surface area contributed by atoms with Crippen LogP contribution < -0.4 is 10.5 Å². The van der Waals surface area contributed by atoms with E-state index in [1.54, 1.807) is 6.07 Å². The molecule has 0 heterocycles. The summed E-state index contributed by atoms with van der Waals surface area (Å²) in [5.41, 5.74) is 4.86. The molecule has 100 valence electrons. The summed E-state index contributed by atoms with van der Waals surface area (Å²) in [5.74, 6) is 0.478. The molecular weight excluding hydrogens is 314 g/mol. The highest BCUT2D eigenvalue weighted by atomic mass is 79.9. The van der Waals surface area contributed by atoms with Gasteiger partial charge in [-0.25, -0.2) is 0 Å². The standard InChI is InChI=1S/C12H12BrN3O3/c13-9-3-10(16(17)18)5-11(4-9)19-7-12(15,6-14)8-1-2-8/h3-5,8H,1-2,7,15H2. The monoisotopic (exact) mass is 325 g/mol.